The summed E-state index contributed by atoms with van der Waals surface area (Å²) in [6.45, 7) is 1.90. The number of carboxylic acids is 1. The van der Waals surface area contributed by atoms with Crippen LogP contribution in [-0.2, 0) is 4.79 Å². The molecule has 0 radical (unpaired) electrons. The van der Waals surface area contributed by atoms with Crippen LogP contribution < -0.4 is 0 Å². The number of benzene rings is 1. The summed E-state index contributed by atoms with van der Waals surface area (Å²) in [4.78, 5) is 16.2. The minimum atomic E-state index is -0.932. The van der Waals surface area contributed by atoms with Gasteiger partial charge in [-0.15, -0.1) is 11.3 Å². The maximum Gasteiger partial charge on any atom is 0.304 e. The predicted octanol–water partition coefficient (Wildman–Crippen LogP) is 3.96. The fourth-order valence-electron chi connectivity index (χ4n) is 1.83. The number of hydrogen-bond donors (Lipinski definition) is 1. The van der Waals surface area contributed by atoms with Gasteiger partial charge in [0.15, 0.2) is 0 Å². The predicted molar refractivity (Wildman–Crippen MR) is 75.0 cm³/mol. The lowest BCUT2D eigenvalue weighted by atomic mass is 9.96. The summed E-state index contributed by atoms with van der Waals surface area (Å²) in [5, 5.41) is 9.72. The number of thiazole rings is 1. The molecule has 0 aliphatic rings. The quantitative estimate of drug-likeness (QED) is 0.913. The SMILES string of the molecule is Cc1cnc(C(CC(=O)O)c2cc(F)cc(Br)c2)s1. The van der Waals surface area contributed by atoms with E-state index in [1.807, 2.05) is 6.92 Å². The normalized spacial score (nSPS) is 12.4. The average molecular weight is 344 g/mol. The number of carbonyl (C=O) groups is 1. The molecular formula is C13H11BrFNO2S. The van der Waals surface area contributed by atoms with Gasteiger partial charge >= 0.3 is 5.97 Å². The molecule has 1 N–H and O–H groups in total. The Kier molecular flexibility index (Phi) is 4.31. The van der Waals surface area contributed by atoms with Crippen molar-refractivity contribution in [3.63, 3.8) is 0 Å². The zero-order chi connectivity index (χ0) is 14.0. The number of aryl methyl sites for hydroxylation is 1. The second-order valence-electron chi connectivity index (χ2n) is 4.16. The second-order valence-corrected chi connectivity index (χ2v) is 6.34. The molecule has 19 heavy (non-hydrogen) atoms. The summed E-state index contributed by atoms with van der Waals surface area (Å²) in [6.07, 6.45) is 1.59. The molecule has 1 unspecified atom stereocenters. The number of halogens is 2. The Morgan fingerprint density at radius 1 is 1.53 bits per heavy atom. The molecule has 0 aliphatic heterocycles. The van der Waals surface area contributed by atoms with Gasteiger partial charge in [-0.1, -0.05) is 15.9 Å². The van der Waals surface area contributed by atoms with Crippen molar-refractivity contribution in [1.29, 1.82) is 0 Å². The van der Waals surface area contributed by atoms with Crippen molar-refractivity contribution >= 4 is 33.2 Å². The van der Waals surface area contributed by atoms with Gasteiger partial charge in [0.1, 0.15) is 10.8 Å². The fraction of sp³-hybridized carbons (Fsp3) is 0.231. The number of rotatable bonds is 4. The molecule has 2 aromatic rings. The van der Waals surface area contributed by atoms with Gasteiger partial charge in [0.2, 0.25) is 0 Å². The van der Waals surface area contributed by atoms with E-state index in [2.05, 4.69) is 20.9 Å². The monoisotopic (exact) mass is 343 g/mol. The van der Waals surface area contributed by atoms with Crippen LogP contribution in [0.25, 0.3) is 0 Å². The van der Waals surface area contributed by atoms with Gasteiger partial charge in [-0.2, -0.15) is 0 Å². The average Bonchev–Trinajstić information content (AvgIpc) is 2.71. The number of aromatic nitrogens is 1. The number of hydrogen-bond acceptors (Lipinski definition) is 3. The standard InChI is InChI=1S/C13H11BrFNO2S/c1-7-6-16-13(19-7)11(5-12(17)18)8-2-9(14)4-10(15)3-8/h2-4,6,11H,5H2,1H3,(H,17,18). The van der Waals surface area contributed by atoms with Crippen LogP contribution in [0.5, 0.6) is 0 Å². The van der Waals surface area contributed by atoms with E-state index in [0.717, 1.165) is 4.88 Å². The first-order valence-electron chi connectivity index (χ1n) is 5.56. The molecule has 1 aromatic heterocycles. The Hall–Kier alpha value is -1.27. The van der Waals surface area contributed by atoms with Gasteiger partial charge in [0.25, 0.3) is 0 Å². The fourth-order valence-corrected chi connectivity index (χ4v) is 3.22. The molecule has 6 heteroatoms. The van der Waals surface area contributed by atoms with Crippen molar-refractivity contribution in [2.45, 2.75) is 19.3 Å². The maximum absolute atomic E-state index is 13.5. The lowest BCUT2D eigenvalue weighted by molar-refractivity contribution is -0.137. The molecule has 0 saturated carbocycles. The number of carboxylic acid groups (broad SMARTS) is 1. The minimum Gasteiger partial charge on any atom is -0.481 e. The first-order chi connectivity index (χ1) is 8.95. The third-order valence-corrected chi connectivity index (χ3v) is 4.09. The lowest BCUT2D eigenvalue weighted by Crippen LogP contribution is -2.08. The molecule has 3 nitrogen and oxygen atoms in total. The summed E-state index contributed by atoms with van der Waals surface area (Å²) in [6, 6.07) is 4.43. The van der Waals surface area contributed by atoms with Crippen LogP contribution in [0, 0.1) is 12.7 Å². The van der Waals surface area contributed by atoms with Gasteiger partial charge in [0, 0.05) is 21.5 Å². The van der Waals surface area contributed by atoms with Crippen LogP contribution in [0.1, 0.15) is 27.8 Å². The summed E-state index contributed by atoms with van der Waals surface area (Å²) < 4.78 is 14.0. The van der Waals surface area contributed by atoms with Crippen molar-refractivity contribution in [2.24, 2.45) is 0 Å². The third-order valence-electron chi connectivity index (χ3n) is 2.60. The first kappa shape index (κ1) is 14.1. The van der Waals surface area contributed by atoms with E-state index in [9.17, 15) is 9.18 Å². The van der Waals surface area contributed by atoms with Gasteiger partial charge in [-0.25, -0.2) is 9.37 Å². The van der Waals surface area contributed by atoms with Crippen LogP contribution >= 0.6 is 27.3 Å². The highest BCUT2D eigenvalue weighted by atomic mass is 79.9. The second kappa shape index (κ2) is 5.79. The summed E-state index contributed by atoms with van der Waals surface area (Å²) in [5.74, 6) is -1.76. The van der Waals surface area contributed by atoms with E-state index >= 15 is 0 Å². The van der Waals surface area contributed by atoms with E-state index in [4.69, 9.17) is 5.11 Å². The zero-order valence-corrected chi connectivity index (χ0v) is 12.5. The van der Waals surface area contributed by atoms with E-state index in [1.165, 1.54) is 23.5 Å². The van der Waals surface area contributed by atoms with Gasteiger partial charge in [-0.05, 0) is 30.7 Å². The molecule has 1 aromatic carbocycles. The van der Waals surface area contributed by atoms with Crippen LogP contribution in [-0.4, -0.2) is 16.1 Å². The Labute approximate surface area is 122 Å². The molecule has 0 amide bonds. The van der Waals surface area contributed by atoms with Crippen LogP contribution in [0.15, 0.2) is 28.9 Å². The topological polar surface area (TPSA) is 50.2 Å². The van der Waals surface area contributed by atoms with Crippen LogP contribution in [0.4, 0.5) is 4.39 Å². The van der Waals surface area contributed by atoms with Crippen LogP contribution in [0.3, 0.4) is 0 Å². The Bertz CT molecular complexity index is 594. The minimum absolute atomic E-state index is 0.108. The summed E-state index contributed by atoms with van der Waals surface area (Å²) in [5.41, 5.74) is 0.614. The highest BCUT2D eigenvalue weighted by molar-refractivity contribution is 9.10. The Balaban J connectivity index is 2.45. The molecule has 2 rings (SSSR count). The van der Waals surface area contributed by atoms with Gasteiger partial charge in [0.05, 0.1) is 6.42 Å². The molecule has 0 fully saturated rings. The van der Waals surface area contributed by atoms with Gasteiger partial charge < -0.3 is 5.11 Å². The largest absolute Gasteiger partial charge is 0.481 e. The highest BCUT2D eigenvalue weighted by Gasteiger charge is 2.21. The van der Waals surface area contributed by atoms with E-state index in [-0.39, 0.29) is 6.42 Å². The van der Waals surface area contributed by atoms with Crippen molar-refractivity contribution in [2.75, 3.05) is 0 Å². The molecule has 0 saturated heterocycles. The third kappa shape index (κ3) is 3.61. The van der Waals surface area contributed by atoms with E-state index in [1.54, 1.807) is 12.3 Å². The number of nitrogens with zero attached hydrogens (tertiary/aromatic N) is 1. The molecule has 100 valence electrons. The van der Waals surface area contributed by atoms with Crippen molar-refractivity contribution in [1.82, 2.24) is 4.98 Å². The van der Waals surface area contributed by atoms with Crippen LogP contribution in [0.2, 0.25) is 0 Å². The molecule has 0 aliphatic carbocycles. The molecule has 1 heterocycles. The number of aliphatic carboxylic acids is 1. The molecule has 1 atom stereocenters. The zero-order valence-electron chi connectivity index (χ0n) is 10.1. The van der Waals surface area contributed by atoms with Gasteiger partial charge in [-0.3, -0.25) is 4.79 Å². The lowest BCUT2D eigenvalue weighted by Gasteiger charge is -2.13. The Morgan fingerprint density at radius 2 is 2.26 bits per heavy atom. The molecule has 0 spiro atoms. The Morgan fingerprint density at radius 3 is 2.79 bits per heavy atom. The smallest absolute Gasteiger partial charge is 0.304 e. The van der Waals surface area contributed by atoms with Crippen molar-refractivity contribution in [3.05, 3.63) is 50.1 Å². The molecule has 0 bridgehead atoms. The first-order valence-corrected chi connectivity index (χ1v) is 7.17. The maximum atomic E-state index is 13.5. The highest BCUT2D eigenvalue weighted by Crippen LogP contribution is 2.32. The summed E-state index contributed by atoms with van der Waals surface area (Å²) >= 11 is 4.65. The summed E-state index contributed by atoms with van der Waals surface area (Å²) in [7, 11) is 0. The van der Waals surface area contributed by atoms with Crippen molar-refractivity contribution < 1.29 is 14.3 Å². The van der Waals surface area contributed by atoms with E-state index in [0.29, 0.717) is 15.0 Å². The molecular weight excluding hydrogens is 333 g/mol. The van der Waals surface area contributed by atoms with Crippen molar-refractivity contribution in [3.8, 4) is 0 Å². The van der Waals surface area contributed by atoms with E-state index < -0.39 is 17.7 Å².